The Balaban J connectivity index is 2.31. The molecule has 0 saturated carbocycles. The largest absolute Gasteiger partial charge is 0.346 e. The van der Waals surface area contributed by atoms with Crippen LogP contribution in [0.4, 0.5) is 0 Å². The SMILES string of the molecule is O=C1NCc2cnnn2-c2ccsc21. The first-order valence-electron chi connectivity index (χ1n) is 4.12. The molecule has 1 amide bonds. The number of carbonyl (C=O) groups excluding carboxylic acids is 1. The average molecular weight is 206 g/mol. The highest BCUT2D eigenvalue weighted by Gasteiger charge is 2.21. The molecule has 2 aromatic heterocycles. The zero-order valence-corrected chi connectivity index (χ0v) is 7.91. The van der Waals surface area contributed by atoms with Gasteiger partial charge in [0.25, 0.3) is 5.91 Å². The summed E-state index contributed by atoms with van der Waals surface area (Å²) in [6.07, 6.45) is 1.66. The molecule has 0 spiro atoms. The summed E-state index contributed by atoms with van der Waals surface area (Å²) < 4.78 is 1.70. The number of thiophene rings is 1. The van der Waals surface area contributed by atoms with Crippen LogP contribution in [0.2, 0.25) is 0 Å². The first kappa shape index (κ1) is 7.69. The van der Waals surface area contributed by atoms with Crippen molar-refractivity contribution < 1.29 is 4.79 Å². The Bertz CT molecular complexity index is 501. The van der Waals surface area contributed by atoms with Gasteiger partial charge in [-0.2, -0.15) is 0 Å². The minimum atomic E-state index is -0.0412. The number of carbonyl (C=O) groups is 1. The van der Waals surface area contributed by atoms with Gasteiger partial charge in [-0.1, -0.05) is 5.21 Å². The van der Waals surface area contributed by atoms with Crippen LogP contribution in [0.25, 0.3) is 5.69 Å². The monoisotopic (exact) mass is 206 g/mol. The smallest absolute Gasteiger partial charge is 0.263 e. The van der Waals surface area contributed by atoms with Crippen LogP contribution >= 0.6 is 11.3 Å². The minimum absolute atomic E-state index is 0.0412. The fourth-order valence-electron chi connectivity index (χ4n) is 1.47. The number of nitrogens with one attached hydrogen (secondary N) is 1. The van der Waals surface area contributed by atoms with E-state index in [0.717, 1.165) is 11.4 Å². The zero-order valence-electron chi connectivity index (χ0n) is 7.10. The number of rotatable bonds is 0. The Labute approximate surface area is 83.4 Å². The van der Waals surface area contributed by atoms with Gasteiger partial charge in [0.05, 0.1) is 24.1 Å². The van der Waals surface area contributed by atoms with Gasteiger partial charge in [-0.05, 0) is 11.4 Å². The van der Waals surface area contributed by atoms with Gasteiger partial charge >= 0.3 is 0 Å². The summed E-state index contributed by atoms with van der Waals surface area (Å²) in [4.78, 5) is 12.3. The van der Waals surface area contributed by atoms with Crippen molar-refractivity contribution in [3.8, 4) is 5.69 Å². The standard InChI is InChI=1S/C8H6N4OS/c13-8-7-6(1-2-14-7)12-5(3-9-8)4-10-11-12/h1-2,4H,3H2,(H,9,13). The third-order valence-corrected chi connectivity index (χ3v) is 3.03. The molecule has 0 aromatic carbocycles. The Morgan fingerprint density at radius 1 is 1.57 bits per heavy atom. The molecule has 14 heavy (non-hydrogen) atoms. The van der Waals surface area contributed by atoms with Gasteiger partial charge in [0, 0.05) is 0 Å². The van der Waals surface area contributed by atoms with E-state index in [1.54, 1.807) is 10.9 Å². The summed E-state index contributed by atoms with van der Waals surface area (Å²) in [5, 5.41) is 12.4. The number of fused-ring (bicyclic) bond motifs is 3. The number of hydrogen-bond acceptors (Lipinski definition) is 4. The second kappa shape index (κ2) is 2.65. The molecule has 0 fully saturated rings. The molecule has 6 heteroatoms. The lowest BCUT2D eigenvalue weighted by Gasteiger charge is -1.97. The molecule has 3 heterocycles. The van der Waals surface area contributed by atoms with Gasteiger partial charge in [0.1, 0.15) is 4.88 Å². The molecule has 2 aromatic rings. The first-order chi connectivity index (χ1) is 6.86. The molecule has 3 rings (SSSR count). The van der Waals surface area contributed by atoms with Crippen molar-refractivity contribution in [3.63, 3.8) is 0 Å². The Kier molecular flexibility index (Phi) is 1.45. The van der Waals surface area contributed by atoms with E-state index in [1.807, 2.05) is 11.4 Å². The van der Waals surface area contributed by atoms with Crippen molar-refractivity contribution in [2.24, 2.45) is 0 Å². The van der Waals surface area contributed by atoms with Crippen LogP contribution < -0.4 is 5.32 Å². The maximum absolute atomic E-state index is 11.6. The number of amides is 1. The Hall–Kier alpha value is -1.69. The van der Waals surface area contributed by atoms with Gasteiger partial charge in [-0.15, -0.1) is 16.4 Å². The van der Waals surface area contributed by atoms with Crippen LogP contribution in [0.1, 0.15) is 15.4 Å². The van der Waals surface area contributed by atoms with Crippen LogP contribution in [-0.2, 0) is 6.54 Å². The predicted molar refractivity (Wildman–Crippen MR) is 50.4 cm³/mol. The molecular formula is C8H6N4OS. The lowest BCUT2D eigenvalue weighted by atomic mass is 10.4. The minimum Gasteiger partial charge on any atom is -0.346 e. The summed E-state index contributed by atoms with van der Waals surface area (Å²) in [5.41, 5.74) is 1.72. The van der Waals surface area contributed by atoms with Crippen LogP contribution in [0.5, 0.6) is 0 Å². The maximum Gasteiger partial charge on any atom is 0.263 e. The third kappa shape index (κ3) is 0.912. The van der Waals surface area contributed by atoms with Crippen molar-refractivity contribution >= 4 is 17.2 Å². The summed E-state index contributed by atoms with van der Waals surface area (Å²) >= 11 is 1.41. The molecule has 1 aliphatic heterocycles. The van der Waals surface area contributed by atoms with Crippen molar-refractivity contribution in [3.05, 3.63) is 28.2 Å². The third-order valence-electron chi connectivity index (χ3n) is 2.13. The highest BCUT2D eigenvalue weighted by molar-refractivity contribution is 7.12. The fourth-order valence-corrected chi connectivity index (χ4v) is 2.26. The van der Waals surface area contributed by atoms with E-state index in [9.17, 15) is 4.79 Å². The molecule has 0 radical (unpaired) electrons. The zero-order chi connectivity index (χ0) is 9.54. The van der Waals surface area contributed by atoms with Crippen molar-refractivity contribution in [1.29, 1.82) is 0 Å². The molecule has 5 nitrogen and oxygen atoms in total. The average Bonchev–Trinajstić information content (AvgIpc) is 2.80. The first-order valence-corrected chi connectivity index (χ1v) is 5.00. The fraction of sp³-hybridized carbons (Fsp3) is 0.125. The molecular weight excluding hydrogens is 200 g/mol. The maximum atomic E-state index is 11.6. The summed E-state index contributed by atoms with van der Waals surface area (Å²) in [6, 6.07) is 1.88. The number of nitrogens with zero attached hydrogens (tertiary/aromatic N) is 3. The number of hydrogen-bond donors (Lipinski definition) is 1. The van der Waals surface area contributed by atoms with Crippen LogP contribution in [0.15, 0.2) is 17.6 Å². The number of aromatic nitrogens is 3. The Morgan fingerprint density at radius 2 is 2.50 bits per heavy atom. The normalized spacial score (nSPS) is 14.1. The summed E-state index contributed by atoms with van der Waals surface area (Å²) in [5.74, 6) is -0.0412. The van der Waals surface area contributed by atoms with E-state index in [4.69, 9.17) is 0 Å². The second-order valence-electron chi connectivity index (χ2n) is 2.95. The molecule has 0 saturated heterocycles. The molecule has 0 atom stereocenters. The summed E-state index contributed by atoms with van der Waals surface area (Å²) in [6.45, 7) is 0.479. The van der Waals surface area contributed by atoms with E-state index in [1.165, 1.54) is 11.3 Å². The van der Waals surface area contributed by atoms with E-state index in [-0.39, 0.29) is 5.91 Å². The molecule has 0 aliphatic carbocycles. The quantitative estimate of drug-likeness (QED) is 0.685. The van der Waals surface area contributed by atoms with Gasteiger partial charge in [0.2, 0.25) is 0 Å². The van der Waals surface area contributed by atoms with Crippen LogP contribution in [0, 0.1) is 0 Å². The van der Waals surface area contributed by atoms with Crippen molar-refractivity contribution in [2.45, 2.75) is 6.54 Å². The van der Waals surface area contributed by atoms with Crippen molar-refractivity contribution in [1.82, 2.24) is 20.3 Å². The summed E-state index contributed by atoms with van der Waals surface area (Å²) in [7, 11) is 0. The molecule has 1 aliphatic rings. The van der Waals surface area contributed by atoms with Gasteiger partial charge in [-0.25, -0.2) is 4.68 Å². The van der Waals surface area contributed by atoms with Gasteiger partial charge in [-0.3, -0.25) is 4.79 Å². The lowest BCUT2D eigenvalue weighted by Crippen LogP contribution is -2.20. The molecule has 0 bridgehead atoms. The van der Waals surface area contributed by atoms with Crippen molar-refractivity contribution in [2.75, 3.05) is 0 Å². The lowest BCUT2D eigenvalue weighted by molar-refractivity contribution is 0.0956. The molecule has 1 N–H and O–H groups in total. The Morgan fingerprint density at radius 3 is 3.43 bits per heavy atom. The van der Waals surface area contributed by atoms with E-state index >= 15 is 0 Å². The molecule has 70 valence electrons. The van der Waals surface area contributed by atoms with Gasteiger partial charge in [0.15, 0.2) is 0 Å². The highest BCUT2D eigenvalue weighted by Crippen LogP contribution is 2.23. The van der Waals surface area contributed by atoms with E-state index < -0.39 is 0 Å². The van der Waals surface area contributed by atoms with E-state index in [0.29, 0.717) is 11.4 Å². The topological polar surface area (TPSA) is 59.8 Å². The second-order valence-corrected chi connectivity index (χ2v) is 3.87. The molecule has 0 unspecified atom stereocenters. The van der Waals surface area contributed by atoms with Crippen LogP contribution in [-0.4, -0.2) is 20.9 Å². The van der Waals surface area contributed by atoms with E-state index in [2.05, 4.69) is 15.6 Å². The highest BCUT2D eigenvalue weighted by atomic mass is 32.1. The predicted octanol–water partition coefficient (Wildman–Crippen LogP) is 0.572. The van der Waals surface area contributed by atoms with Crippen LogP contribution in [0.3, 0.4) is 0 Å². The van der Waals surface area contributed by atoms with Gasteiger partial charge < -0.3 is 5.32 Å².